The molecule has 1 atom stereocenters. The molecule has 128 valence electrons. The molecule has 1 N–H and O–H groups in total. The highest BCUT2D eigenvalue weighted by Gasteiger charge is 2.17. The molecule has 0 fully saturated rings. The Bertz CT molecular complexity index is 806. The van der Waals surface area contributed by atoms with Crippen LogP contribution in [0.3, 0.4) is 0 Å². The number of benzene rings is 1. The van der Waals surface area contributed by atoms with Crippen LogP contribution >= 0.6 is 15.9 Å². The van der Waals surface area contributed by atoms with Gasteiger partial charge in [-0.15, -0.1) is 0 Å². The Hall–Kier alpha value is -2.45. The van der Waals surface area contributed by atoms with Gasteiger partial charge in [0, 0.05) is 0 Å². The second-order valence-electron chi connectivity index (χ2n) is 5.78. The first kappa shape index (κ1) is 18.9. The zero-order chi connectivity index (χ0) is 18.2. The summed E-state index contributed by atoms with van der Waals surface area (Å²) in [7, 11) is 0. The SMILES string of the molecule is CCCC(NC(=O)/C(C#N)=C/c1cccc(Br)n1)c1ccc(C)cc1. The molecule has 4 nitrogen and oxygen atoms in total. The summed E-state index contributed by atoms with van der Waals surface area (Å²) in [6, 6.07) is 15.3. The number of aryl methyl sites for hydroxylation is 1. The van der Waals surface area contributed by atoms with Gasteiger partial charge in [-0.05, 0) is 53.0 Å². The number of carbonyl (C=O) groups is 1. The highest BCUT2D eigenvalue weighted by atomic mass is 79.9. The van der Waals surface area contributed by atoms with Gasteiger partial charge in [-0.3, -0.25) is 4.79 Å². The second kappa shape index (κ2) is 9.14. The fourth-order valence-corrected chi connectivity index (χ4v) is 2.80. The molecule has 1 unspecified atom stereocenters. The Labute approximate surface area is 156 Å². The summed E-state index contributed by atoms with van der Waals surface area (Å²) < 4.78 is 0.655. The van der Waals surface area contributed by atoms with Gasteiger partial charge >= 0.3 is 0 Å². The molecule has 1 aromatic heterocycles. The van der Waals surface area contributed by atoms with Crippen LogP contribution in [-0.2, 0) is 4.79 Å². The first-order valence-electron chi connectivity index (χ1n) is 8.15. The Morgan fingerprint density at radius 3 is 2.64 bits per heavy atom. The molecular formula is C20H20BrN3O. The van der Waals surface area contributed by atoms with Crippen molar-refractivity contribution in [3.05, 3.63) is 69.5 Å². The number of hydrogen-bond acceptors (Lipinski definition) is 3. The normalized spacial score (nSPS) is 12.3. The average molecular weight is 398 g/mol. The molecule has 0 saturated heterocycles. The third kappa shape index (κ3) is 5.54. The summed E-state index contributed by atoms with van der Waals surface area (Å²) in [5.74, 6) is -0.386. The van der Waals surface area contributed by atoms with E-state index >= 15 is 0 Å². The van der Waals surface area contributed by atoms with Gasteiger partial charge in [0.05, 0.1) is 11.7 Å². The van der Waals surface area contributed by atoms with E-state index in [-0.39, 0.29) is 17.5 Å². The van der Waals surface area contributed by atoms with Crippen LogP contribution in [0, 0.1) is 18.3 Å². The second-order valence-corrected chi connectivity index (χ2v) is 6.59. The topological polar surface area (TPSA) is 65.8 Å². The van der Waals surface area contributed by atoms with E-state index in [0.29, 0.717) is 10.3 Å². The van der Waals surface area contributed by atoms with Crippen LogP contribution in [0.25, 0.3) is 6.08 Å². The molecule has 0 aliphatic heterocycles. The van der Waals surface area contributed by atoms with Gasteiger partial charge in [-0.2, -0.15) is 5.26 Å². The summed E-state index contributed by atoms with van der Waals surface area (Å²) in [6.45, 7) is 4.10. The van der Waals surface area contributed by atoms with Gasteiger partial charge in [0.15, 0.2) is 0 Å². The summed E-state index contributed by atoms with van der Waals surface area (Å²) in [6.07, 6.45) is 3.23. The predicted molar refractivity (Wildman–Crippen MR) is 102 cm³/mol. The van der Waals surface area contributed by atoms with E-state index in [1.165, 1.54) is 11.6 Å². The van der Waals surface area contributed by atoms with E-state index in [0.717, 1.165) is 18.4 Å². The molecule has 1 amide bonds. The summed E-state index contributed by atoms with van der Waals surface area (Å²) in [5.41, 5.74) is 2.81. The fraction of sp³-hybridized carbons (Fsp3) is 0.250. The first-order chi connectivity index (χ1) is 12.0. The van der Waals surface area contributed by atoms with Gasteiger partial charge in [0.1, 0.15) is 16.2 Å². The van der Waals surface area contributed by atoms with Crippen molar-refractivity contribution in [3.8, 4) is 6.07 Å². The van der Waals surface area contributed by atoms with Crippen LogP contribution < -0.4 is 5.32 Å². The Balaban J connectivity index is 2.21. The van der Waals surface area contributed by atoms with E-state index in [4.69, 9.17) is 0 Å². The standard InChI is InChI=1S/C20H20BrN3O/c1-3-5-18(15-10-8-14(2)9-11-15)24-20(25)16(13-22)12-17-6-4-7-19(21)23-17/h4,6-12,18H,3,5H2,1-2H3,(H,24,25)/b16-12+. The fourth-order valence-electron chi connectivity index (χ4n) is 2.45. The van der Waals surface area contributed by atoms with Crippen LogP contribution in [0.5, 0.6) is 0 Å². The lowest BCUT2D eigenvalue weighted by atomic mass is 10.0. The van der Waals surface area contributed by atoms with E-state index in [1.54, 1.807) is 12.1 Å². The molecule has 5 heteroatoms. The molecular weight excluding hydrogens is 378 g/mol. The van der Waals surface area contributed by atoms with Crippen molar-refractivity contribution in [1.29, 1.82) is 5.26 Å². The van der Waals surface area contributed by atoms with Gasteiger partial charge in [0.2, 0.25) is 0 Å². The van der Waals surface area contributed by atoms with Crippen molar-refractivity contribution in [2.75, 3.05) is 0 Å². The van der Waals surface area contributed by atoms with Crippen molar-refractivity contribution in [3.63, 3.8) is 0 Å². The minimum absolute atomic E-state index is 0.0406. The lowest BCUT2D eigenvalue weighted by Gasteiger charge is -2.18. The van der Waals surface area contributed by atoms with Gasteiger partial charge in [-0.25, -0.2) is 4.98 Å². The molecule has 1 aromatic carbocycles. The Morgan fingerprint density at radius 2 is 2.04 bits per heavy atom. The summed E-state index contributed by atoms with van der Waals surface area (Å²) in [4.78, 5) is 16.8. The molecule has 0 spiro atoms. The number of hydrogen-bond donors (Lipinski definition) is 1. The van der Waals surface area contributed by atoms with Crippen LogP contribution in [-0.4, -0.2) is 10.9 Å². The lowest BCUT2D eigenvalue weighted by Crippen LogP contribution is -2.29. The molecule has 2 rings (SSSR count). The zero-order valence-electron chi connectivity index (χ0n) is 14.3. The minimum Gasteiger partial charge on any atom is -0.345 e. The molecule has 0 aliphatic carbocycles. The zero-order valence-corrected chi connectivity index (χ0v) is 15.9. The van der Waals surface area contributed by atoms with E-state index < -0.39 is 0 Å². The molecule has 0 radical (unpaired) electrons. The summed E-state index contributed by atoms with van der Waals surface area (Å²) in [5, 5.41) is 12.3. The van der Waals surface area contributed by atoms with Crippen molar-refractivity contribution < 1.29 is 4.79 Å². The number of amides is 1. The van der Waals surface area contributed by atoms with Crippen LogP contribution in [0.4, 0.5) is 0 Å². The highest BCUT2D eigenvalue weighted by Crippen LogP contribution is 2.20. The number of carbonyl (C=O) groups excluding carboxylic acids is 1. The smallest absolute Gasteiger partial charge is 0.262 e. The molecule has 2 aromatic rings. The summed E-state index contributed by atoms with van der Waals surface area (Å²) >= 11 is 3.28. The number of nitrogens with zero attached hydrogens (tertiary/aromatic N) is 2. The van der Waals surface area contributed by atoms with E-state index in [9.17, 15) is 10.1 Å². The number of pyridine rings is 1. The average Bonchev–Trinajstić information content (AvgIpc) is 2.60. The molecule has 25 heavy (non-hydrogen) atoms. The van der Waals surface area contributed by atoms with Crippen molar-refractivity contribution in [1.82, 2.24) is 10.3 Å². The number of nitrogens with one attached hydrogen (secondary N) is 1. The van der Waals surface area contributed by atoms with Crippen molar-refractivity contribution in [2.45, 2.75) is 32.7 Å². The number of halogens is 1. The lowest BCUT2D eigenvalue weighted by molar-refractivity contribution is -0.117. The predicted octanol–water partition coefficient (Wildman–Crippen LogP) is 4.72. The minimum atomic E-state index is -0.386. The van der Waals surface area contributed by atoms with Gasteiger partial charge in [0.25, 0.3) is 5.91 Å². The quantitative estimate of drug-likeness (QED) is 0.435. The van der Waals surface area contributed by atoms with Gasteiger partial charge < -0.3 is 5.32 Å². The number of nitriles is 1. The number of rotatable bonds is 6. The number of aromatic nitrogens is 1. The highest BCUT2D eigenvalue weighted by molar-refractivity contribution is 9.10. The Kier molecular flexibility index (Phi) is 6.91. The van der Waals surface area contributed by atoms with Crippen molar-refractivity contribution >= 4 is 27.9 Å². The first-order valence-corrected chi connectivity index (χ1v) is 8.94. The van der Waals surface area contributed by atoms with Crippen LogP contribution in [0.15, 0.2) is 52.6 Å². The Morgan fingerprint density at radius 1 is 1.32 bits per heavy atom. The molecule has 0 aliphatic rings. The van der Waals surface area contributed by atoms with E-state index in [1.807, 2.05) is 43.3 Å². The molecule has 0 bridgehead atoms. The molecule has 1 heterocycles. The third-order valence-electron chi connectivity index (χ3n) is 3.76. The van der Waals surface area contributed by atoms with Crippen LogP contribution in [0.2, 0.25) is 0 Å². The molecule has 0 saturated carbocycles. The van der Waals surface area contributed by atoms with Crippen molar-refractivity contribution in [2.24, 2.45) is 0 Å². The maximum atomic E-state index is 12.5. The third-order valence-corrected chi connectivity index (χ3v) is 4.20. The monoisotopic (exact) mass is 397 g/mol. The van der Waals surface area contributed by atoms with Gasteiger partial charge in [-0.1, -0.05) is 49.2 Å². The van der Waals surface area contributed by atoms with E-state index in [2.05, 4.69) is 33.2 Å². The largest absolute Gasteiger partial charge is 0.345 e. The maximum absolute atomic E-state index is 12.5. The maximum Gasteiger partial charge on any atom is 0.262 e. The van der Waals surface area contributed by atoms with Crippen LogP contribution in [0.1, 0.15) is 42.6 Å².